The van der Waals surface area contributed by atoms with Crippen LogP contribution in [0.25, 0.3) is 32.3 Å². The van der Waals surface area contributed by atoms with Crippen LogP contribution in [-0.4, -0.2) is 29.5 Å². The van der Waals surface area contributed by atoms with Crippen LogP contribution in [0.1, 0.15) is 26.7 Å². The number of unbranched alkanes of at least 4 members (excludes halogenated alkanes) is 1. The number of nitrogens with zero attached hydrogens (tertiary/aromatic N) is 4. The summed E-state index contributed by atoms with van der Waals surface area (Å²) >= 11 is 2.96. The molecule has 0 saturated carbocycles. The number of nitrogen functional groups attached to an aromatic ring is 1. The van der Waals surface area contributed by atoms with E-state index in [9.17, 15) is 4.21 Å². The molecule has 6 nitrogen and oxygen atoms in total. The lowest BCUT2D eigenvalue weighted by molar-refractivity contribution is 0.681. The Bertz CT molecular complexity index is 1130. The number of anilines is 1. The van der Waals surface area contributed by atoms with Gasteiger partial charge in [0.05, 0.1) is 16.5 Å². The summed E-state index contributed by atoms with van der Waals surface area (Å²) in [6.07, 6.45) is 7.42. The Balaban J connectivity index is 1.96. The Kier molecular flexibility index (Phi) is 5.56. The van der Waals surface area contributed by atoms with Gasteiger partial charge in [0.2, 0.25) is 0 Å². The van der Waals surface area contributed by atoms with Crippen molar-refractivity contribution in [2.24, 2.45) is 0 Å². The standard InChI is InChI=1S/C19H21N5OS3/c1-3-5-10-28(25)19-15(20)14-12(16-21-6-8-24(16)4-2)11-13(23-18(14)27-19)17-22-7-9-26-17/h6-9,11H,3-5,10,20H2,1-2H3/t28-/m0/s1. The summed E-state index contributed by atoms with van der Waals surface area (Å²) in [5, 5.41) is 3.62. The molecule has 9 heteroatoms. The van der Waals surface area contributed by atoms with E-state index in [1.807, 2.05) is 17.6 Å². The molecule has 146 valence electrons. The van der Waals surface area contributed by atoms with E-state index >= 15 is 0 Å². The van der Waals surface area contributed by atoms with Crippen LogP contribution >= 0.6 is 22.7 Å². The molecular formula is C19H21N5OS3. The Morgan fingerprint density at radius 3 is 2.82 bits per heavy atom. The van der Waals surface area contributed by atoms with E-state index in [-0.39, 0.29) is 0 Å². The number of rotatable bonds is 7. The zero-order chi connectivity index (χ0) is 19.7. The van der Waals surface area contributed by atoms with Crippen molar-refractivity contribution in [3.63, 3.8) is 0 Å². The van der Waals surface area contributed by atoms with E-state index in [1.165, 1.54) is 11.3 Å². The van der Waals surface area contributed by atoms with E-state index in [0.717, 1.165) is 51.7 Å². The summed E-state index contributed by atoms with van der Waals surface area (Å²) < 4.78 is 15.6. The van der Waals surface area contributed by atoms with Crippen molar-refractivity contribution in [3.8, 4) is 22.1 Å². The van der Waals surface area contributed by atoms with Crippen LogP contribution in [0.4, 0.5) is 5.69 Å². The van der Waals surface area contributed by atoms with Gasteiger partial charge in [-0.1, -0.05) is 13.3 Å². The zero-order valence-corrected chi connectivity index (χ0v) is 18.2. The largest absolute Gasteiger partial charge is 0.396 e. The van der Waals surface area contributed by atoms with Crippen molar-refractivity contribution in [1.82, 2.24) is 19.5 Å². The number of thiazole rings is 1. The second kappa shape index (κ2) is 8.10. The lowest BCUT2D eigenvalue weighted by Gasteiger charge is -2.09. The maximum absolute atomic E-state index is 12.8. The van der Waals surface area contributed by atoms with Gasteiger partial charge in [0.15, 0.2) is 0 Å². The average molecular weight is 432 g/mol. The predicted molar refractivity (Wildman–Crippen MR) is 118 cm³/mol. The molecule has 0 unspecified atom stereocenters. The highest BCUT2D eigenvalue weighted by Gasteiger charge is 2.22. The number of hydrogen-bond acceptors (Lipinski definition) is 7. The highest BCUT2D eigenvalue weighted by atomic mass is 32.2. The second-order valence-electron chi connectivity index (χ2n) is 6.32. The monoisotopic (exact) mass is 431 g/mol. The summed E-state index contributed by atoms with van der Waals surface area (Å²) in [6, 6.07) is 2.00. The molecular weight excluding hydrogens is 410 g/mol. The number of fused-ring (bicyclic) bond motifs is 1. The molecule has 4 heterocycles. The van der Waals surface area contributed by atoms with E-state index in [2.05, 4.69) is 28.4 Å². The molecule has 0 aromatic carbocycles. The average Bonchev–Trinajstić information content (AvgIpc) is 3.45. The van der Waals surface area contributed by atoms with Gasteiger partial charge >= 0.3 is 0 Å². The van der Waals surface area contributed by atoms with E-state index < -0.39 is 10.8 Å². The van der Waals surface area contributed by atoms with Crippen molar-refractivity contribution >= 4 is 49.4 Å². The van der Waals surface area contributed by atoms with Crippen molar-refractivity contribution in [3.05, 3.63) is 30.0 Å². The van der Waals surface area contributed by atoms with Gasteiger partial charge in [-0.2, -0.15) is 0 Å². The van der Waals surface area contributed by atoms with Crippen molar-refractivity contribution in [1.29, 1.82) is 0 Å². The fraction of sp³-hybridized carbons (Fsp3) is 0.316. The van der Waals surface area contributed by atoms with Gasteiger partial charge in [-0.15, -0.1) is 22.7 Å². The van der Waals surface area contributed by atoms with Crippen LogP contribution in [0, 0.1) is 0 Å². The van der Waals surface area contributed by atoms with E-state index in [1.54, 1.807) is 23.7 Å². The number of imidazole rings is 1. The summed E-state index contributed by atoms with van der Waals surface area (Å²) in [5.41, 5.74) is 8.77. The highest BCUT2D eigenvalue weighted by Crippen LogP contribution is 2.42. The molecule has 4 aromatic heterocycles. The van der Waals surface area contributed by atoms with Crippen molar-refractivity contribution in [2.45, 2.75) is 37.4 Å². The number of hydrogen-bond donors (Lipinski definition) is 1. The zero-order valence-electron chi connectivity index (χ0n) is 15.7. The Morgan fingerprint density at radius 1 is 1.25 bits per heavy atom. The second-order valence-corrected chi connectivity index (χ2v) is 9.98. The summed E-state index contributed by atoms with van der Waals surface area (Å²) in [5.74, 6) is 1.45. The first-order valence-corrected chi connectivity index (χ1v) is 12.2. The first kappa shape index (κ1) is 19.2. The maximum atomic E-state index is 12.8. The molecule has 2 N–H and O–H groups in total. The molecule has 1 atom stereocenters. The minimum absolute atomic E-state index is 0.563. The molecule has 0 aliphatic carbocycles. The van der Waals surface area contributed by atoms with Crippen LogP contribution in [0.15, 0.2) is 34.2 Å². The smallest absolute Gasteiger partial charge is 0.141 e. The fourth-order valence-electron chi connectivity index (χ4n) is 3.08. The van der Waals surface area contributed by atoms with Crippen LogP contribution < -0.4 is 5.73 Å². The van der Waals surface area contributed by atoms with Gasteiger partial charge in [0, 0.05) is 47.2 Å². The lowest BCUT2D eigenvalue weighted by Crippen LogP contribution is -2.00. The van der Waals surface area contributed by atoms with Crippen LogP contribution in [-0.2, 0) is 17.3 Å². The SMILES string of the molecule is CCCC[S@](=O)c1sc2nc(-c3nccs3)cc(-c3nccn3CC)c2c1N. The lowest BCUT2D eigenvalue weighted by atomic mass is 10.1. The van der Waals surface area contributed by atoms with Crippen molar-refractivity contribution in [2.75, 3.05) is 11.5 Å². The van der Waals surface area contributed by atoms with E-state index in [4.69, 9.17) is 10.7 Å². The first-order valence-electron chi connectivity index (χ1n) is 9.16. The molecule has 0 spiro atoms. The molecule has 0 aliphatic rings. The molecule has 0 fully saturated rings. The Hall–Kier alpha value is -2.10. The normalized spacial score (nSPS) is 12.6. The number of nitrogens with two attached hydrogens (primary N) is 1. The minimum Gasteiger partial charge on any atom is -0.396 e. The van der Waals surface area contributed by atoms with Crippen LogP contribution in [0.3, 0.4) is 0 Å². The summed E-state index contributed by atoms with van der Waals surface area (Å²) in [6.45, 7) is 4.97. The molecule has 4 rings (SSSR count). The van der Waals surface area contributed by atoms with Gasteiger partial charge in [0.25, 0.3) is 0 Å². The number of thiophene rings is 1. The third-order valence-corrected chi connectivity index (χ3v) is 8.29. The molecule has 0 radical (unpaired) electrons. The molecule has 0 amide bonds. The molecule has 0 saturated heterocycles. The van der Waals surface area contributed by atoms with Gasteiger partial charge in [0.1, 0.15) is 25.6 Å². The van der Waals surface area contributed by atoms with Gasteiger partial charge < -0.3 is 10.3 Å². The molecule has 4 aromatic rings. The molecule has 28 heavy (non-hydrogen) atoms. The van der Waals surface area contributed by atoms with Crippen molar-refractivity contribution < 1.29 is 4.21 Å². The maximum Gasteiger partial charge on any atom is 0.141 e. The number of aromatic nitrogens is 4. The first-order chi connectivity index (χ1) is 13.6. The predicted octanol–water partition coefficient (Wildman–Crippen LogP) is 4.79. The summed E-state index contributed by atoms with van der Waals surface area (Å²) in [7, 11) is -1.12. The van der Waals surface area contributed by atoms with Crippen LogP contribution in [0.2, 0.25) is 0 Å². The Morgan fingerprint density at radius 2 is 2.11 bits per heavy atom. The minimum atomic E-state index is -1.12. The third-order valence-electron chi connectivity index (χ3n) is 4.50. The quantitative estimate of drug-likeness (QED) is 0.454. The van der Waals surface area contributed by atoms with Crippen LogP contribution in [0.5, 0.6) is 0 Å². The summed E-state index contributed by atoms with van der Waals surface area (Å²) in [4.78, 5) is 14.6. The van der Waals surface area contributed by atoms with Gasteiger partial charge in [-0.05, 0) is 19.4 Å². The highest BCUT2D eigenvalue weighted by molar-refractivity contribution is 7.87. The molecule has 0 aliphatic heterocycles. The van der Waals surface area contributed by atoms with Gasteiger partial charge in [-0.3, -0.25) is 4.21 Å². The topological polar surface area (TPSA) is 86.7 Å². The fourth-order valence-corrected chi connectivity index (χ4v) is 6.48. The third kappa shape index (κ3) is 3.38. The van der Waals surface area contributed by atoms with Gasteiger partial charge in [-0.25, -0.2) is 15.0 Å². The molecule has 0 bridgehead atoms. The number of aryl methyl sites for hydroxylation is 1. The Labute approximate surface area is 173 Å². The number of pyridine rings is 1. The van der Waals surface area contributed by atoms with E-state index in [0.29, 0.717) is 15.6 Å².